The topological polar surface area (TPSA) is 40.8 Å². The van der Waals surface area contributed by atoms with E-state index in [-0.39, 0.29) is 27.8 Å². The first-order valence-electron chi connectivity index (χ1n) is 17.9. The quantitative estimate of drug-likeness (QED) is 0.202. The van der Waals surface area contributed by atoms with Crippen LogP contribution in [0.4, 0.5) is 0 Å². The average Bonchev–Trinajstić information content (AvgIpc) is 3.42. The van der Waals surface area contributed by atoms with Crippen molar-refractivity contribution in [3.63, 3.8) is 0 Å². The van der Waals surface area contributed by atoms with E-state index in [9.17, 15) is 5.26 Å². The second kappa shape index (κ2) is 10.3. The molecule has 3 nitrogen and oxygen atoms in total. The molecular weight excluding hydrogens is 512 g/mol. The summed E-state index contributed by atoms with van der Waals surface area (Å²) in [6.07, 6.45) is -0.373. The third kappa shape index (κ3) is 4.78. The molecule has 0 bridgehead atoms. The van der Waals surface area contributed by atoms with Crippen LogP contribution in [0.25, 0.3) is 55.4 Å². The van der Waals surface area contributed by atoms with Gasteiger partial charge in [-0.1, -0.05) is 87.5 Å². The molecule has 208 valence electrons. The fourth-order valence-electron chi connectivity index (χ4n) is 5.70. The molecule has 0 aliphatic heterocycles. The Balaban J connectivity index is 1.66. The number of hydrogen-bond donors (Lipinski definition) is 0. The Kier molecular flexibility index (Phi) is 4.77. The lowest BCUT2D eigenvalue weighted by atomic mass is 9.86. The number of nitriles is 1. The summed E-state index contributed by atoms with van der Waals surface area (Å²) in [6.45, 7) is 1.87. The summed E-state index contributed by atoms with van der Waals surface area (Å²) in [4.78, 5) is 0. The number of nitrogens with zero attached hydrogens (tertiary/aromatic N) is 2. The number of aromatic nitrogens is 1. The minimum atomic E-state index is -2.68. The molecule has 0 unspecified atom stereocenters. The molecule has 4 aromatic carbocycles. The molecular formula is C39H37N2O+. The fraction of sp³-hybridized carbons (Fsp3) is 0.231. The van der Waals surface area contributed by atoms with Crippen LogP contribution < -0.4 is 4.57 Å². The maximum Gasteiger partial charge on any atom is 0.216 e. The highest BCUT2D eigenvalue weighted by atomic mass is 16.3. The Hall–Kier alpha value is -4.68. The van der Waals surface area contributed by atoms with Crippen molar-refractivity contribution in [3.05, 3.63) is 113 Å². The first-order chi connectivity index (χ1) is 23.3. The molecule has 6 aromatic rings. The van der Waals surface area contributed by atoms with E-state index in [1.807, 2.05) is 61.5 Å². The van der Waals surface area contributed by atoms with E-state index in [1.54, 1.807) is 44.5 Å². The lowest BCUT2D eigenvalue weighted by Gasteiger charge is -2.19. The van der Waals surface area contributed by atoms with E-state index in [1.165, 1.54) is 18.3 Å². The minimum Gasteiger partial charge on any atom is -0.454 e. The SMILES string of the molecule is [2H]C([2H])([2H])c1cc(C([2H])([2H])C(C)(C)C)ccc1-c1cc(-c2c(C)ccc3c2oc2c(C#N)c(-c4ccccc4)ccc23)[n+](C)cc1C([2H])([2H])[2H]. The predicted molar refractivity (Wildman–Crippen MR) is 173 cm³/mol. The molecule has 0 radical (unpaired) electrons. The Bertz CT molecular complexity index is 2340. The molecule has 0 saturated heterocycles. The smallest absolute Gasteiger partial charge is 0.216 e. The molecule has 0 spiro atoms. The van der Waals surface area contributed by atoms with Crippen LogP contribution in [0.15, 0.2) is 89.5 Å². The van der Waals surface area contributed by atoms with E-state index < -0.39 is 25.5 Å². The molecule has 0 saturated carbocycles. The Morgan fingerprint density at radius 3 is 2.26 bits per heavy atom. The summed E-state index contributed by atoms with van der Waals surface area (Å²) >= 11 is 0. The van der Waals surface area contributed by atoms with Crippen LogP contribution in [0.2, 0.25) is 0 Å². The van der Waals surface area contributed by atoms with Gasteiger partial charge in [0.05, 0.1) is 5.56 Å². The van der Waals surface area contributed by atoms with Gasteiger partial charge in [0.2, 0.25) is 5.69 Å². The number of rotatable bonds is 4. The number of aryl methyl sites for hydroxylation is 4. The van der Waals surface area contributed by atoms with Crippen molar-refractivity contribution in [2.45, 2.75) is 47.8 Å². The predicted octanol–water partition coefficient (Wildman–Crippen LogP) is 9.80. The molecule has 0 amide bonds. The number of fused-ring (bicyclic) bond motifs is 3. The lowest BCUT2D eigenvalue weighted by Crippen LogP contribution is -2.31. The molecule has 0 aliphatic rings. The standard InChI is InChI=1S/C39H37N2O/c1-24-13-15-32-31-18-17-30(28-11-9-8-10-12-28)34(22-40)37(31)42-38(32)36(24)35-20-33(26(3)23-41(35)7)29-16-14-27(19-25(29)2)21-39(4,5)6/h8-20,23H,21H2,1-7H3/q+1/i2D3,3D3,21D2. The van der Waals surface area contributed by atoms with Crippen molar-refractivity contribution >= 4 is 21.9 Å². The Morgan fingerprint density at radius 1 is 0.833 bits per heavy atom. The van der Waals surface area contributed by atoms with Crippen molar-refractivity contribution in [2.24, 2.45) is 12.5 Å². The van der Waals surface area contributed by atoms with Gasteiger partial charge in [-0.2, -0.15) is 5.26 Å². The highest BCUT2D eigenvalue weighted by molar-refractivity contribution is 6.12. The highest BCUT2D eigenvalue weighted by Crippen LogP contribution is 2.41. The lowest BCUT2D eigenvalue weighted by molar-refractivity contribution is -0.660. The summed E-state index contributed by atoms with van der Waals surface area (Å²) in [5.74, 6) is 0. The molecule has 2 heterocycles. The van der Waals surface area contributed by atoms with Crippen LogP contribution in [-0.4, -0.2) is 0 Å². The monoisotopic (exact) mass is 557 g/mol. The average molecular weight is 558 g/mol. The Labute approximate surface area is 259 Å². The maximum atomic E-state index is 10.3. The minimum absolute atomic E-state index is 0.0467. The molecule has 42 heavy (non-hydrogen) atoms. The van der Waals surface area contributed by atoms with Crippen LogP contribution in [-0.2, 0) is 13.4 Å². The molecule has 0 atom stereocenters. The van der Waals surface area contributed by atoms with Gasteiger partial charge in [0, 0.05) is 38.9 Å². The van der Waals surface area contributed by atoms with E-state index >= 15 is 0 Å². The first kappa shape index (κ1) is 19.4. The van der Waals surface area contributed by atoms with Crippen LogP contribution in [0, 0.1) is 37.4 Å². The van der Waals surface area contributed by atoms with Crippen molar-refractivity contribution < 1.29 is 20.0 Å². The molecule has 0 aliphatic carbocycles. The summed E-state index contributed by atoms with van der Waals surface area (Å²) in [5, 5.41) is 11.9. The van der Waals surface area contributed by atoms with Crippen molar-refractivity contribution in [2.75, 3.05) is 0 Å². The van der Waals surface area contributed by atoms with Gasteiger partial charge in [0.25, 0.3) is 0 Å². The molecule has 0 N–H and O–H groups in total. The number of hydrogen-bond acceptors (Lipinski definition) is 2. The van der Waals surface area contributed by atoms with Crippen molar-refractivity contribution in [1.29, 1.82) is 5.26 Å². The molecule has 2 aromatic heterocycles. The van der Waals surface area contributed by atoms with Crippen LogP contribution in [0.1, 0.15) is 59.6 Å². The third-order valence-electron chi connectivity index (χ3n) is 7.57. The van der Waals surface area contributed by atoms with E-state index in [0.717, 1.165) is 27.5 Å². The fourth-order valence-corrected chi connectivity index (χ4v) is 5.70. The van der Waals surface area contributed by atoms with Gasteiger partial charge in [0.15, 0.2) is 11.8 Å². The van der Waals surface area contributed by atoms with Gasteiger partial charge < -0.3 is 4.42 Å². The van der Waals surface area contributed by atoms with Crippen LogP contribution >= 0.6 is 0 Å². The number of pyridine rings is 1. The number of benzene rings is 4. The van der Waals surface area contributed by atoms with Gasteiger partial charge in [-0.25, -0.2) is 4.57 Å². The van der Waals surface area contributed by atoms with E-state index in [2.05, 4.69) is 6.07 Å². The number of furan rings is 1. The highest BCUT2D eigenvalue weighted by Gasteiger charge is 2.25. The molecule has 6 rings (SSSR count). The third-order valence-corrected chi connectivity index (χ3v) is 7.57. The normalized spacial score (nSPS) is 15.5. The van der Waals surface area contributed by atoms with Gasteiger partial charge in [-0.15, -0.1) is 0 Å². The van der Waals surface area contributed by atoms with Gasteiger partial charge in [-0.3, -0.25) is 0 Å². The summed E-state index contributed by atoms with van der Waals surface area (Å²) in [7, 11) is 1.73. The largest absolute Gasteiger partial charge is 0.454 e. The van der Waals surface area contributed by atoms with Crippen LogP contribution in [0.3, 0.4) is 0 Å². The zero-order valence-electron chi connectivity index (χ0n) is 32.4. The van der Waals surface area contributed by atoms with Gasteiger partial charge in [-0.05, 0) is 71.9 Å². The Morgan fingerprint density at radius 2 is 1.55 bits per heavy atom. The second-order valence-corrected chi connectivity index (χ2v) is 11.8. The van der Waals surface area contributed by atoms with E-state index in [4.69, 9.17) is 15.4 Å². The molecule has 3 heteroatoms. The summed E-state index contributed by atoms with van der Waals surface area (Å²) < 4.78 is 76.6. The van der Waals surface area contributed by atoms with Crippen molar-refractivity contribution in [1.82, 2.24) is 0 Å². The van der Waals surface area contributed by atoms with E-state index in [0.29, 0.717) is 28.0 Å². The maximum absolute atomic E-state index is 10.3. The zero-order chi connectivity index (χ0) is 36.6. The zero-order valence-corrected chi connectivity index (χ0v) is 24.4. The second-order valence-electron chi connectivity index (χ2n) is 11.8. The molecule has 0 fully saturated rings. The summed E-state index contributed by atoms with van der Waals surface area (Å²) in [5.41, 5.74) is 4.58. The van der Waals surface area contributed by atoms with Crippen LogP contribution in [0.5, 0.6) is 0 Å². The van der Waals surface area contributed by atoms with Crippen molar-refractivity contribution in [3.8, 4) is 39.6 Å². The first-order valence-corrected chi connectivity index (χ1v) is 13.9. The summed E-state index contributed by atoms with van der Waals surface area (Å²) in [6, 6.07) is 25.8. The van der Waals surface area contributed by atoms with Gasteiger partial charge in [0.1, 0.15) is 24.3 Å². The van der Waals surface area contributed by atoms with Gasteiger partial charge >= 0.3 is 0 Å².